The van der Waals surface area contributed by atoms with Crippen LogP contribution in [0.2, 0.25) is 0 Å². The molecular formula is C28H27N7O4S. The number of methoxy groups -OCH3 is 1. The van der Waals surface area contributed by atoms with Gasteiger partial charge in [0.2, 0.25) is 0 Å². The summed E-state index contributed by atoms with van der Waals surface area (Å²) in [6.45, 7) is -0.128. The number of esters is 1. The highest BCUT2D eigenvalue weighted by atomic mass is 32.2. The quantitative estimate of drug-likeness (QED) is 0.141. The van der Waals surface area contributed by atoms with Crippen LogP contribution in [0.3, 0.4) is 0 Å². The number of amidine groups is 1. The van der Waals surface area contributed by atoms with Gasteiger partial charge in [-0.3, -0.25) is 19.5 Å². The van der Waals surface area contributed by atoms with Gasteiger partial charge in [0, 0.05) is 29.9 Å². The number of sulfonamides is 1. The predicted molar refractivity (Wildman–Crippen MR) is 154 cm³/mol. The van der Waals surface area contributed by atoms with Gasteiger partial charge in [-0.15, -0.1) is 0 Å². The Balaban J connectivity index is 1.50. The van der Waals surface area contributed by atoms with Gasteiger partial charge in [0.25, 0.3) is 10.0 Å². The molecule has 12 heteroatoms. The molecule has 0 fully saturated rings. The number of nitrogens with two attached hydrogens (primary N) is 1. The third-order valence-corrected chi connectivity index (χ3v) is 8.36. The lowest BCUT2D eigenvalue weighted by molar-refractivity contribution is -0.138. The van der Waals surface area contributed by atoms with E-state index < -0.39 is 22.5 Å². The number of hydrogen-bond acceptors (Lipinski definition) is 8. The lowest BCUT2D eigenvalue weighted by atomic mass is 10.2. The Morgan fingerprint density at radius 1 is 1.10 bits per heavy atom. The summed E-state index contributed by atoms with van der Waals surface area (Å²) < 4.78 is 35.7. The van der Waals surface area contributed by atoms with E-state index in [0.717, 1.165) is 15.5 Å². The summed E-state index contributed by atoms with van der Waals surface area (Å²) in [6, 6.07) is 20.6. The largest absolute Gasteiger partial charge is 0.468 e. The highest BCUT2D eigenvalue weighted by Gasteiger charge is 2.30. The van der Waals surface area contributed by atoms with E-state index >= 15 is 0 Å². The van der Waals surface area contributed by atoms with Gasteiger partial charge in [0.15, 0.2) is 0 Å². The van der Waals surface area contributed by atoms with Crippen LogP contribution >= 0.6 is 0 Å². The highest BCUT2D eigenvalue weighted by molar-refractivity contribution is 7.93. The van der Waals surface area contributed by atoms with Crippen molar-refractivity contribution in [3.8, 4) is 0 Å². The Morgan fingerprint density at radius 2 is 1.85 bits per heavy atom. The van der Waals surface area contributed by atoms with Crippen molar-refractivity contribution >= 4 is 55.1 Å². The molecule has 40 heavy (non-hydrogen) atoms. The number of aromatic nitrogens is 3. The van der Waals surface area contributed by atoms with Crippen LogP contribution in [0.15, 0.2) is 83.9 Å². The van der Waals surface area contributed by atoms with Crippen molar-refractivity contribution in [3.63, 3.8) is 0 Å². The average molecular weight is 558 g/mol. The van der Waals surface area contributed by atoms with Crippen LogP contribution in [0.25, 0.3) is 21.9 Å². The van der Waals surface area contributed by atoms with E-state index in [1.807, 2.05) is 23.7 Å². The Labute approximate surface area is 230 Å². The van der Waals surface area contributed by atoms with Crippen molar-refractivity contribution in [3.05, 3.63) is 90.4 Å². The van der Waals surface area contributed by atoms with Gasteiger partial charge in [-0.25, -0.2) is 13.4 Å². The zero-order chi connectivity index (χ0) is 28.4. The number of carbonyl (C=O) groups is 1. The number of fused-ring (bicyclic) bond motifs is 2. The Kier molecular flexibility index (Phi) is 7.09. The molecule has 0 unspecified atom stereocenters. The lowest BCUT2D eigenvalue weighted by Crippen LogP contribution is -2.36. The number of aryl methyl sites for hydroxylation is 1. The van der Waals surface area contributed by atoms with Crippen molar-refractivity contribution in [2.75, 3.05) is 23.3 Å². The molecular weight excluding hydrogens is 530 g/mol. The number of carbonyl (C=O) groups excluding carboxylic acids is 1. The molecule has 0 radical (unpaired) electrons. The van der Waals surface area contributed by atoms with E-state index in [4.69, 9.17) is 20.9 Å². The van der Waals surface area contributed by atoms with Gasteiger partial charge >= 0.3 is 5.97 Å². The highest BCUT2D eigenvalue weighted by Crippen LogP contribution is 2.30. The summed E-state index contributed by atoms with van der Waals surface area (Å²) in [5, 5.41) is 11.5. The number of pyridine rings is 1. The van der Waals surface area contributed by atoms with E-state index in [9.17, 15) is 13.2 Å². The number of anilines is 2. The second-order valence-corrected chi connectivity index (χ2v) is 10.9. The van der Waals surface area contributed by atoms with Gasteiger partial charge in [-0.05, 0) is 54.6 Å². The number of hydrogen-bond donors (Lipinski definition) is 3. The molecule has 0 bridgehead atoms. The number of imidazole rings is 1. The zero-order valence-corrected chi connectivity index (χ0v) is 22.6. The van der Waals surface area contributed by atoms with Crippen molar-refractivity contribution in [2.24, 2.45) is 12.8 Å². The molecule has 0 saturated carbocycles. The van der Waals surface area contributed by atoms with Gasteiger partial charge in [0.05, 0.1) is 35.9 Å². The van der Waals surface area contributed by atoms with Crippen LogP contribution in [0.5, 0.6) is 0 Å². The van der Waals surface area contributed by atoms with Crippen LogP contribution in [-0.2, 0) is 33.1 Å². The molecule has 0 aliphatic heterocycles. The molecule has 0 aliphatic carbocycles. The fourth-order valence-corrected chi connectivity index (χ4v) is 5.97. The summed E-state index contributed by atoms with van der Waals surface area (Å²) in [5.74, 6) is -0.000307. The number of benzene rings is 3. The minimum atomic E-state index is -4.21. The first kappa shape index (κ1) is 26.6. The molecule has 0 atom stereocenters. The maximum atomic E-state index is 14.0. The Hall–Kier alpha value is -4.97. The van der Waals surface area contributed by atoms with E-state index in [0.29, 0.717) is 34.4 Å². The number of nitrogens with zero attached hydrogens (tertiary/aromatic N) is 4. The molecule has 0 spiro atoms. The maximum absolute atomic E-state index is 14.0. The fourth-order valence-electron chi connectivity index (χ4n) is 4.40. The molecule has 204 valence electrons. The standard InChI is InChI=1S/C28H27N7O4S/c1-34-23-13-12-21(15-22(23)33-25(34)16-32-20-10-8-19(9-11-20)28(29)30)35(17-26(36)39-2)40(37,38)24-7-3-5-18-6-4-14-31-27(18)24/h3-15,32H,16-17H2,1-2H3,(H3,29,30). The number of nitrogen functional groups attached to an aromatic ring is 1. The Bertz CT molecular complexity index is 1850. The number of nitrogens with one attached hydrogen (secondary N) is 2. The monoisotopic (exact) mass is 557 g/mol. The van der Waals surface area contributed by atoms with Crippen molar-refractivity contribution in [2.45, 2.75) is 11.4 Å². The summed E-state index contributed by atoms with van der Waals surface area (Å²) in [7, 11) is -1.13. The third-order valence-electron chi connectivity index (χ3n) is 6.56. The summed E-state index contributed by atoms with van der Waals surface area (Å²) in [6.07, 6.45) is 1.53. The minimum absolute atomic E-state index is 0.00215. The molecule has 0 aliphatic rings. The fraction of sp³-hybridized carbons (Fsp3) is 0.143. The SMILES string of the molecule is COC(=O)CN(c1ccc2c(c1)nc(CNc1ccc(C(=N)N)cc1)n2C)S(=O)(=O)c1cccc2cccnc12. The predicted octanol–water partition coefficient (Wildman–Crippen LogP) is 3.39. The van der Waals surface area contributed by atoms with E-state index in [2.05, 4.69) is 10.3 Å². The van der Waals surface area contributed by atoms with E-state index in [1.54, 1.807) is 54.6 Å². The van der Waals surface area contributed by atoms with Gasteiger partial charge in [-0.1, -0.05) is 18.2 Å². The van der Waals surface area contributed by atoms with Gasteiger partial charge in [-0.2, -0.15) is 0 Å². The molecule has 0 saturated heterocycles. The normalized spacial score (nSPS) is 11.4. The third kappa shape index (κ3) is 5.04. The maximum Gasteiger partial charge on any atom is 0.326 e. The summed E-state index contributed by atoms with van der Waals surface area (Å²) in [4.78, 5) is 21.3. The van der Waals surface area contributed by atoms with Crippen LogP contribution in [0.1, 0.15) is 11.4 Å². The molecule has 2 heterocycles. The van der Waals surface area contributed by atoms with E-state index in [1.165, 1.54) is 19.4 Å². The Morgan fingerprint density at radius 3 is 2.58 bits per heavy atom. The topological polar surface area (TPSA) is 156 Å². The molecule has 0 amide bonds. The van der Waals surface area contributed by atoms with Crippen LogP contribution < -0.4 is 15.4 Å². The van der Waals surface area contributed by atoms with Crippen molar-refractivity contribution in [1.82, 2.24) is 14.5 Å². The lowest BCUT2D eigenvalue weighted by Gasteiger charge is -2.24. The molecule has 5 rings (SSSR count). The second-order valence-electron chi connectivity index (χ2n) is 9.02. The smallest absolute Gasteiger partial charge is 0.326 e. The first-order valence-electron chi connectivity index (χ1n) is 12.3. The van der Waals surface area contributed by atoms with Gasteiger partial charge < -0.3 is 20.4 Å². The van der Waals surface area contributed by atoms with Crippen molar-refractivity contribution in [1.29, 1.82) is 5.41 Å². The molecule has 4 N–H and O–H groups in total. The molecule has 2 aromatic heterocycles. The van der Waals surface area contributed by atoms with E-state index in [-0.39, 0.29) is 16.4 Å². The molecule has 3 aromatic carbocycles. The first-order chi connectivity index (χ1) is 19.2. The first-order valence-corrected chi connectivity index (χ1v) is 13.7. The zero-order valence-electron chi connectivity index (χ0n) is 21.8. The number of rotatable bonds is 9. The van der Waals surface area contributed by atoms with Gasteiger partial charge in [0.1, 0.15) is 23.1 Å². The van der Waals surface area contributed by atoms with Crippen LogP contribution in [0, 0.1) is 5.41 Å². The van der Waals surface area contributed by atoms with Crippen LogP contribution in [0.4, 0.5) is 11.4 Å². The summed E-state index contributed by atoms with van der Waals surface area (Å²) in [5.41, 5.74) is 8.91. The minimum Gasteiger partial charge on any atom is -0.468 e. The van der Waals surface area contributed by atoms with Crippen molar-refractivity contribution < 1.29 is 17.9 Å². The molecule has 11 nitrogen and oxygen atoms in total. The number of ether oxygens (including phenoxy) is 1. The molecule has 5 aromatic rings. The average Bonchev–Trinajstić information content (AvgIpc) is 3.28. The number of para-hydroxylation sites is 1. The van der Waals surface area contributed by atoms with Crippen LogP contribution in [-0.4, -0.2) is 48.4 Å². The second kappa shape index (κ2) is 10.7. The summed E-state index contributed by atoms with van der Waals surface area (Å²) >= 11 is 0.